The number of fused-ring (bicyclic) bond motifs is 3. The number of hydrogen-bond acceptors (Lipinski definition) is 7. The van der Waals surface area contributed by atoms with Gasteiger partial charge in [0.05, 0.1) is 11.8 Å². The summed E-state index contributed by atoms with van der Waals surface area (Å²) < 4.78 is 26.9. The van der Waals surface area contributed by atoms with Gasteiger partial charge >= 0.3 is 0 Å². The van der Waals surface area contributed by atoms with Gasteiger partial charge in [-0.15, -0.1) is 6.58 Å². The van der Waals surface area contributed by atoms with Crippen LogP contribution in [-0.2, 0) is 29.2 Å². The Labute approximate surface area is 232 Å². The minimum Gasteiger partial charge on any atom is -0.390 e. The number of sulfonamides is 1. The van der Waals surface area contributed by atoms with Crippen LogP contribution in [0.15, 0.2) is 66.3 Å². The number of amides is 3. The highest BCUT2D eigenvalue weighted by Gasteiger charge is 2.61. The molecule has 4 atom stereocenters. The van der Waals surface area contributed by atoms with Crippen molar-refractivity contribution in [2.75, 3.05) is 6.54 Å². The topological polar surface area (TPSA) is 134 Å². The largest absolute Gasteiger partial charge is 0.390 e. The highest BCUT2D eigenvalue weighted by molar-refractivity contribution is 7.91. The zero-order valence-corrected chi connectivity index (χ0v) is 22.8. The first-order valence-electron chi connectivity index (χ1n) is 13.4. The minimum atomic E-state index is -3.79. The average molecular weight is 563 g/mol. The molecule has 0 bridgehead atoms. The summed E-state index contributed by atoms with van der Waals surface area (Å²) in [6.45, 7) is 5.23. The highest BCUT2D eigenvalue weighted by Crippen LogP contribution is 2.45. The molecule has 2 aromatic rings. The van der Waals surface area contributed by atoms with E-state index in [0.717, 1.165) is 22.3 Å². The third-order valence-electron chi connectivity index (χ3n) is 8.17. The Bertz CT molecular complexity index is 1520. The molecule has 0 radical (unpaired) electrons. The summed E-state index contributed by atoms with van der Waals surface area (Å²) in [4.78, 5) is 46.3. The number of carbonyl (C=O) groups is 3. The summed E-state index contributed by atoms with van der Waals surface area (Å²) in [7, 11) is -3.79. The van der Waals surface area contributed by atoms with Crippen LogP contribution in [0.3, 0.4) is 0 Å². The van der Waals surface area contributed by atoms with Crippen LogP contribution in [0.5, 0.6) is 0 Å². The van der Waals surface area contributed by atoms with Crippen LogP contribution in [0, 0.1) is 5.92 Å². The van der Waals surface area contributed by atoms with Crippen molar-refractivity contribution >= 4 is 33.5 Å². The molecule has 208 valence electrons. The van der Waals surface area contributed by atoms with Crippen LogP contribution in [-0.4, -0.2) is 66.2 Å². The molecule has 2 unspecified atom stereocenters. The molecule has 10 nitrogen and oxygen atoms in total. The third-order valence-corrected chi connectivity index (χ3v) is 9.99. The molecule has 0 spiro atoms. The predicted molar refractivity (Wildman–Crippen MR) is 147 cm³/mol. The van der Waals surface area contributed by atoms with Gasteiger partial charge in [0.2, 0.25) is 21.8 Å². The van der Waals surface area contributed by atoms with Crippen molar-refractivity contribution in [1.29, 1.82) is 0 Å². The second-order valence-corrected chi connectivity index (χ2v) is 12.8. The molecular weight excluding hydrogens is 532 g/mol. The van der Waals surface area contributed by atoms with Gasteiger partial charge in [0.25, 0.3) is 5.91 Å². The molecule has 3 fully saturated rings. The molecule has 4 aliphatic rings. The zero-order chi connectivity index (χ0) is 28.2. The Hall–Kier alpha value is -3.99. The van der Waals surface area contributed by atoms with Crippen molar-refractivity contribution < 1.29 is 27.6 Å². The average Bonchev–Trinajstić information content (AvgIpc) is 3.84. The van der Waals surface area contributed by atoms with E-state index in [0.29, 0.717) is 18.6 Å². The Balaban J connectivity index is 1.19. The molecule has 40 heavy (non-hydrogen) atoms. The Morgan fingerprint density at radius 2 is 1.65 bits per heavy atom. The van der Waals surface area contributed by atoms with Crippen LogP contribution < -0.4 is 10.0 Å². The van der Waals surface area contributed by atoms with Crippen LogP contribution in [0.4, 0.5) is 0 Å². The highest BCUT2D eigenvalue weighted by atomic mass is 32.2. The molecule has 11 heteroatoms. The lowest BCUT2D eigenvalue weighted by atomic mass is 10.1. The number of hydrogen-bond donors (Lipinski definition) is 2. The second kappa shape index (κ2) is 9.58. The van der Waals surface area contributed by atoms with Crippen molar-refractivity contribution in [3.63, 3.8) is 0 Å². The number of likely N-dealkylation sites (tertiary alicyclic amines) is 1. The number of carbonyl (C=O) groups excluding carboxylic acids is 3. The normalized spacial score (nSPS) is 26.4. The standard InChI is InChI=1S/C29H30N4O6S/c1-3-18-15-29(18,28(36)32-40(37,38)20-12-13-20)30-27(35)25-14-19(16-33(25)17(2)34)39-31-26-23-10-6-4-8-21(23)22-9-5-7-11-24(22)26/h3-11,18-20,25H,1,12-16H2,2H3,(H,30,35)(H,32,36)/t18-,19?,25?,29+/m1/s1. The summed E-state index contributed by atoms with van der Waals surface area (Å²) >= 11 is 0. The second-order valence-electron chi connectivity index (χ2n) is 10.9. The Morgan fingerprint density at radius 3 is 2.17 bits per heavy atom. The number of oxime groups is 1. The van der Waals surface area contributed by atoms with E-state index in [4.69, 9.17) is 4.84 Å². The fraction of sp³-hybridized carbons (Fsp3) is 0.379. The summed E-state index contributed by atoms with van der Waals surface area (Å²) in [6, 6.07) is 14.9. The predicted octanol–water partition coefficient (Wildman–Crippen LogP) is 2.09. The van der Waals surface area contributed by atoms with E-state index in [9.17, 15) is 22.8 Å². The maximum atomic E-state index is 13.5. The third kappa shape index (κ3) is 4.47. The Kier molecular flexibility index (Phi) is 6.29. The van der Waals surface area contributed by atoms with Crippen molar-refractivity contribution in [3.8, 4) is 11.1 Å². The molecule has 3 aliphatic carbocycles. The molecule has 2 aromatic carbocycles. The molecule has 3 amide bonds. The van der Waals surface area contributed by atoms with E-state index in [1.807, 2.05) is 48.5 Å². The fourth-order valence-electron chi connectivity index (χ4n) is 5.71. The van der Waals surface area contributed by atoms with E-state index in [1.54, 1.807) is 0 Å². The van der Waals surface area contributed by atoms with Gasteiger partial charge in [-0.1, -0.05) is 59.8 Å². The maximum absolute atomic E-state index is 13.5. The molecular formula is C29H30N4O6S. The fourth-order valence-corrected chi connectivity index (χ4v) is 7.07. The van der Waals surface area contributed by atoms with E-state index < -0.39 is 50.7 Å². The van der Waals surface area contributed by atoms with Gasteiger partial charge in [0.1, 0.15) is 23.4 Å². The van der Waals surface area contributed by atoms with Crippen LogP contribution in [0.2, 0.25) is 0 Å². The van der Waals surface area contributed by atoms with Crippen LogP contribution in [0.25, 0.3) is 11.1 Å². The summed E-state index contributed by atoms with van der Waals surface area (Å²) in [6.07, 6.45) is 2.38. The van der Waals surface area contributed by atoms with Gasteiger partial charge in [-0.05, 0) is 30.4 Å². The van der Waals surface area contributed by atoms with Gasteiger partial charge in [-0.3, -0.25) is 19.1 Å². The van der Waals surface area contributed by atoms with Gasteiger partial charge in [0.15, 0.2) is 0 Å². The lowest BCUT2D eigenvalue weighted by molar-refractivity contribution is -0.138. The van der Waals surface area contributed by atoms with Crippen molar-refractivity contribution in [1.82, 2.24) is 14.9 Å². The monoisotopic (exact) mass is 562 g/mol. The van der Waals surface area contributed by atoms with Crippen LogP contribution in [0.1, 0.15) is 43.7 Å². The van der Waals surface area contributed by atoms with Gasteiger partial charge in [0, 0.05) is 30.4 Å². The van der Waals surface area contributed by atoms with Gasteiger partial charge < -0.3 is 15.1 Å². The molecule has 1 saturated heterocycles. The molecule has 1 aliphatic heterocycles. The minimum absolute atomic E-state index is 0.146. The molecule has 0 aromatic heterocycles. The first-order valence-corrected chi connectivity index (χ1v) is 14.9. The quantitative estimate of drug-likeness (QED) is 0.319. The van der Waals surface area contributed by atoms with Crippen molar-refractivity contribution in [2.24, 2.45) is 11.1 Å². The maximum Gasteiger partial charge on any atom is 0.259 e. The molecule has 2 N–H and O–H groups in total. The van der Waals surface area contributed by atoms with Gasteiger partial charge in [-0.25, -0.2) is 8.42 Å². The number of nitrogens with zero attached hydrogens (tertiary/aromatic N) is 2. The summed E-state index contributed by atoms with van der Waals surface area (Å²) in [5, 5.41) is 6.65. The lowest BCUT2D eigenvalue weighted by Gasteiger charge is -2.25. The number of rotatable bonds is 8. The summed E-state index contributed by atoms with van der Waals surface area (Å²) in [5.41, 5.74) is 3.27. The van der Waals surface area contributed by atoms with Crippen molar-refractivity contribution in [3.05, 3.63) is 72.3 Å². The Morgan fingerprint density at radius 1 is 1.05 bits per heavy atom. The smallest absolute Gasteiger partial charge is 0.259 e. The van der Waals surface area contributed by atoms with E-state index in [2.05, 4.69) is 21.8 Å². The number of benzene rings is 2. The lowest BCUT2D eigenvalue weighted by Crippen LogP contribution is -2.56. The molecule has 2 saturated carbocycles. The molecule has 6 rings (SSSR count). The van der Waals surface area contributed by atoms with Gasteiger partial charge in [-0.2, -0.15) is 0 Å². The SMILES string of the molecule is C=C[C@@H]1C[C@@]1(NC(=O)C1CC(ON=C2c3ccccc3-c3ccccc32)CN1C(C)=O)C(=O)NS(=O)(=O)C1CC1. The van der Waals surface area contributed by atoms with Crippen molar-refractivity contribution in [2.45, 2.75) is 55.5 Å². The van der Waals surface area contributed by atoms with E-state index >= 15 is 0 Å². The number of nitrogens with one attached hydrogen (secondary N) is 2. The zero-order valence-electron chi connectivity index (χ0n) is 22.0. The van der Waals surface area contributed by atoms with Crippen LogP contribution >= 0.6 is 0 Å². The van der Waals surface area contributed by atoms with E-state index in [1.165, 1.54) is 17.9 Å². The summed E-state index contributed by atoms with van der Waals surface area (Å²) in [5.74, 6) is -2.06. The van der Waals surface area contributed by atoms with E-state index in [-0.39, 0.29) is 25.3 Å². The molecule has 1 heterocycles. The first kappa shape index (κ1) is 26.2. The first-order chi connectivity index (χ1) is 19.1.